The van der Waals surface area contributed by atoms with Crippen LogP contribution in [0.2, 0.25) is 0 Å². The monoisotopic (exact) mass is 302 g/mol. The van der Waals surface area contributed by atoms with Crippen LogP contribution in [0.4, 0.5) is 4.79 Å². The van der Waals surface area contributed by atoms with E-state index in [0.29, 0.717) is 31.2 Å². The largest absolute Gasteiger partial charge is 0.339 e. The first kappa shape index (κ1) is 16.0. The number of aromatic nitrogens is 2. The Morgan fingerprint density at radius 2 is 2.14 bits per heavy atom. The van der Waals surface area contributed by atoms with Crippen molar-refractivity contribution in [3.8, 4) is 0 Å². The SMILES string of the molecule is Cc1cccc(CNC(=O)NCCc2nc(C(C)C)no2)c1. The summed E-state index contributed by atoms with van der Waals surface area (Å²) >= 11 is 0. The molecule has 22 heavy (non-hydrogen) atoms. The Kier molecular flexibility index (Phi) is 5.52. The lowest BCUT2D eigenvalue weighted by Gasteiger charge is -2.07. The molecule has 1 heterocycles. The average molecular weight is 302 g/mol. The molecule has 1 aromatic heterocycles. The molecule has 2 amide bonds. The molecule has 0 aliphatic carbocycles. The van der Waals surface area contributed by atoms with Gasteiger partial charge < -0.3 is 15.2 Å². The van der Waals surface area contributed by atoms with Crippen molar-refractivity contribution in [2.24, 2.45) is 0 Å². The molecule has 2 aromatic rings. The fraction of sp³-hybridized carbons (Fsp3) is 0.438. The number of urea groups is 1. The Balaban J connectivity index is 1.69. The first-order valence-electron chi connectivity index (χ1n) is 7.44. The van der Waals surface area contributed by atoms with E-state index in [1.54, 1.807) is 0 Å². The fourth-order valence-electron chi connectivity index (χ4n) is 1.95. The van der Waals surface area contributed by atoms with Crippen molar-refractivity contribution < 1.29 is 9.32 Å². The molecule has 0 saturated carbocycles. The molecule has 0 spiro atoms. The van der Waals surface area contributed by atoms with Crippen molar-refractivity contribution in [1.82, 2.24) is 20.8 Å². The normalized spacial score (nSPS) is 10.7. The molecule has 0 unspecified atom stereocenters. The van der Waals surface area contributed by atoms with Crippen LogP contribution >= 0.6 is 0 Å². The fourth-order valence-corrected chi connectivity index (χ4v) is 1.95. The number of amides is 2. The van der Waals surface area contributed by atoms with Gasteiger partial charge in [-0.25, -0.2) is 4.79 Å². The van der Waals surface area contributed by atoms with E-state index in [1.165, 1.54) is 5.56 Å². The zero-order valence-electron chi connectivity index (χ0n) is 13.2. The third-order valence-electron chi connectivity index (χ3n) is 3.16. The standard InChI is InChI=1S/C16H22N4O2/c1-11(2)15-19-14(22-20-15)7-8-17-16(21)18-10-13-6-4-5-12(3)9-13/h4-6,9,11H,7-8,10H2,1-3H3,(H2,17,18,21). The van der Waals surface area contributed by atoms with E-state index < -0.39 is 0 Å². The summed E-state index contributed by atoms with van der Waals surface area (Å²) in [6.07, 6.45) is 0.525. The Morgan fingerprint density at radius 3 is 2.82 bits per heavy atom. The third kappa shape index (κ3) is 4.87. The van der Waals surface area contributed by atoms with Crippen LogP contribution in [0.1, 0.15) is 42.6 Å². The number of nitrogens with one attached hydrogen (secondary N) is 2. The Labute approximate surface area is 130 Å². The summed E-state index contributed by atoms with van der Waals surface area (Å²) in [7, 11) is 0. The number of nitrogens with zero attached hydrogens (tertiary/aromatic N) is 2. The lowest BCUT2D eigenvalue weighted by atomic mass is 10.1. The number of aryl methyl sites for hydroxylation is 1. The maximum Gasteiger partial charge on any atom is 0.315 e. The molecule has 0 saturated heterocycles. The Hall–Kier alpha value is -2.37. The second-order valence-electron chi connectivity index (χ2n) is 5.55. The van der Waals surface area contributed by atoms with Crippen LogP contribution in [0.25, 0.3) is 0 Å². The van der Waals surface area contributed by atoms with E-state index >= 15 is 0 Å². The van der Waals surface area contributed by atoms with Gasteiger partial charge in [0, 0.05) is 25.4 Å². The summed E-state index contributed by atoms with van der Waals surface area (Å²) in [5.74, 6) is 1.48. The molecule has 0 fully saturated rings. The van der Waals surface area contributed by atoms with Crippen molar-refractivity contribution in [2.45, 2.75) is 39.7 Å². The van der Waals surface area contributed by atoms with Gasteiger partial charge in [0.15, 0.2) is 5.82 Å². The van der Waals surface area contributed by atoms with E-state index in [4.69, 9.17) is 4.52 Å². The number of hydrogen-bond acceptors (Lipinski definition) is 4. The average Bonchev–Trinajstić information content (AvgIpc) is 2.94. The predicted octanol–water partition coefficient (Wildman–Crippen LogP) is 2.54. The molecule has 0 bridgehead atoms. The molecule has 118 valence electrons. The zero-order chi connectivity index (χ0) is 15.9. The summed E-state index contributed by atoms with van der Waals surface area (Å²) < 4.78 is 5.12. The van der Waals surface area contributed by atoms with E-state index in [2.05, 4.69) is 20.8 Å². The minimum atomic E-state index is -0.204. The number of rotatable bonds is 6. The highest BCUT2D eigenvalue weighted by Gasteiger charge is 2.09. The second kappa shape index (κ2) is 7.59. The van der Waals surface area contributed by atoms with Crippen LogP contribution in [-0.4, -0.2) is 22.7 Å². The van der Waals surface area contributed by atoms with E-state index in [-0.39, 0.29) is 11.9 Å². The number of carbonyl (C=O) groups excluding carboxylic acids is 1. The Morgan fingerprint density at radius 1 is 1.32 bits per heavy atom. The van der Waals surface area contributed by atoms with Gasteiger partial charge in [-0.15, -0.1) is 0 Å². The number of carbonyl (C=O) groups is 1. The molecule has 6 heteroatoms. The molecular formula is C16H22N4O2. The molecule has 0 aliphatic rings. The summed E-state index contributed by atoms with van der Waals surface area (Å²) in [5.41, 5.74) is 2.26. The van der Waals surface area contributed by atoms with Gasteiger partial charge in [0.05, 0.1) is 0 Å². The van der Waals surface area contributed by atoms with Crippen molar-refractivity contribution in [3.05, 3.63) is 47.1 Å². The van der Waals surface area contributed by atoms with Gasteiger partial charge in [0.2, 0.25) is 5.89 Å². The van der Waals surface area contributed by atoms with Gasteiger partial charge >= 0.3 is 6.03 Å². The van der Waals surface area contributed by atoms with Gasteiger partial charge in [0.1, 0.15) is 0 Å². The molecule has 0 atom stereocenters. The van der Waals surface area contributed by atoms with Crippen LogP contribution in [0.15, 0.2) is 28.8 Å². The first-order chi connectivity index (χ1) is 10.5. The number of hydrogen-bond donors (Lipinski definition) is 2. The van der Waals surface area contributed by atoms with Gasteiger partial charge in [-0.05, 0) is 12.5 Å². The first-order valence-corrected chi connectivity index (χ1v) is 7.44. The zero-order valence-corrected chi connectivity index (χ0v) is 13.2. The van der Waals surface area contributed by atoms with Gasteiger partial charge in [-0.3, -0.25) is 0 Å². The minimum Gasteiger partial charge on any atom is -0.339 e. The van der Waals surface area contributed by atoms with Crippen LogP contribution in [0.3, 0.4) is 0 Å². The summed E-state index contributed by atoms with van der Waals surface area (Å²) in [6, 6.07) is 7.83. The highest BCUT2D eigenvalue weighted by atomic mass is 16.5. The lowest BCUT2D eigenvalue weighted by molar-refractivity contribution is 0.240. The van der Waals surface area contributed by atoms with Gasteiger partial charge in [0.25, 0.3) is 0 Å². The van der Waals surface area contributed by atoms with E-state index in [1.807, 2.05) is 45.0 Å². The maximum atomic E-state index is 11.7. The molecule has 2 rings (SSSR count). The van der Waals surface area contributed by atoms with E-state index in [9.17, 15) is 4.79 Å². The lowest BCUT2D eigenvalue weighted by Crippen LogP contribution is -2.36. The Bertz CT molecular complexity index is 622. The van der Waals surface area contributed by atoms with Crippen molar-refractivity contribution >= 4 is 6.03 Å². The van der Waals surface area contributed by atoms with Gasteiger partial charge in [-0.2, -0.15) is 4.98 Å². The summed E-state index contributed by atoms with van der Waals surface area (Å²) in [6.45, 7) is 7.00. The van der Waals surface area contributed by atoms with E-state index in [0.717, 1.165) is 5.56 Å². The van der Waals surface area contributed by atoms with Crippen molar-refractivity contribution in [1.29, 1.82) is 0 Å². The summed E-state index contributed by atoms with van der Waals surface area (Å²) in [5, 5.41) is 9.48. The predicted molar refractivity (Wildman–Crippen MR) is 83.5 cm³/mol. The molecule has 1 aromatic carbocycles. The summed E-state index contributed by atoms with van der Waals surface area (Å²) in [4.78, 5) is 16.0. The van der Waals surface area contributed by atoms with Crippen LogP contribution < -0.4 is 10.6 Å². The molecular weight excluding hydrogens is 280 g/mol. The van der Waals surface area contributed by atoms with Crippen LogP contribution in [-0.2, 0) is 13.0 Å². The van der Waals surface area contributed by atoms with Crippen LogP contribution in [0.5, 0.6) is 0 Å². The maximum absolute atomic E-state index is 11.7. The van der Waals surface area contributed by atoms with Crippen molar-refractivity contribution in [3.63, 3.8) is 0 Å². The van der Waals surface area contributed by atoms with Crippen molar-refractivity contribution in [2.75, 3.05) is 6.54 Å². The molecule has 6 nitrogen and oxygen atoms in total. The highest BCUT2D eigenvalue weighted by Crippen LogP contribution is 2.09. The highest BCUT2D eigenvalue weighted by molar-refractivity contribution is 5.73. The third-order valence-corrected chi connectivity index (χ3v) is 3.16. The molecule has 0 aliphatic heterocycles. The van der Waals surface area contributed by atoms with Crippen LogP contribution in [0, 0.1) is 6.92 Å². The molecule has 2 N–H and O–H groups in total. The minimum absolute atomic E-state index is 0.204. The number of benzene rings is 1. The molecule has 0 radical (unpaired) electrons. The smallest absolute Gasteiger partial charge is 0.315 e. The second-order valence-corrected chi connectivity index (χ2v) is 5.55. The topological polar surface area (TPSA) is 80.0 Å². The van der Waals surface area contributed by atoms with Gasteiger partial charge in [-0.1, -0.05) is 48.8 Å². The quantitative estimate of drug-likeness (QED) is 0.859.